The third-order valence-corrected chi connectivity index (χ3v) is 6.19. The number of benzene rings is 1. The lowest BCUT2D eigenvalue weighted by atomic mass is 9.99. The molecule has 4 rings (SSSR count). The minimum Gasteiger partial charge on any atom is -0.357 e. The monoisotopic (exact) mass is 443 g/mol. The molecule has 1 aromatic carbocycles. The highest BCUT2D eigenvalue weighted by molar-refractivity contribution is 7.09. The van der Waals surface area contributed by atoms with Crippen LogP contribution in [0.2, 0.25) is 0 Å². The van der Waals surface area contributed by atoms with Crippen LogP contribution in [-0.4, -0.2) is 33.6 Å². The van der Waals surface area contributed by atoms with Gasteiger partial charge in [-0.05, 0) is 44.4 Å². The Kier molecular flexibility index (Phi) is 6.31. The summed E-state index contributed by atoms with van der Waals surface area (Å²) >= 11 is 1.55. The predicted octanol–water partition coefficient (Wildman–Crippen LogP) is 4.44. The van der Waals surface area contributed by atoms with Gasteiger partial charge in [-0.25, -0.2) is 9.37 Å². The van der Waals surface area contributed by atoms with Gasteiger partial charge in [0.05, 0.1) is 22.9 Å². The Labute approximate surface area is 184 Å². The zero-order valence-electron chi connectivity index (χ0n) is 17.9. The molecule has 0 spiro atoms. The van der Waals surface area contributed by atoms with Crippen molar-refractivity contribution in [2.45, 2.75) is 58.5 Å². The lowest BCUT2D eigenvalue weighted by molar-refractivity contribution is -0.123. The molecule has 2 aromatic heterocycles. The molecule has 1 aliphatic heterocycles. The molecule has 1 atom stereocenters. The number of thiazole rings is 1. The number of amides is 1. The third-order valence-electron chi connectivity index (χ3n) is 5.37. The van der Waals surface area contributed by atoms with Crippen LogP contribution in [0.25, 0.3) is 11.4 Å². The van der Waals surface area contributed by atoms with E-state index >= 15 is 4.39 Å². The van der Waals surface area contributed by atoms with E-state index in [2.05, 4.69) is 20.4 Å². The van der Waals surface area contributed by atoms with Crippen molar-refractivity contribution in [2.75, 3.05) is 11.4 Å². The van der Waals surface area contributed by atoms with Crippen LogP contribution < -0.4 is 10.2 Å². The van der Waals surface area contributed by atoms with Gasteiger partial charge in [0, 0.05) is 23.4 Å². The van der Waals surface area contributed by atoms with Gasteiger partial charge in [0.1, 0.15) is 11.9 Å². The predicted molar refractivity (Wildman–Crippen MR) is 117 cm³/mol. The van der Waals surface area contributed by atoms with E-state index in [4.69, 9.17) is 4.52 Å². The average molecular weight is 444 g/mol. The van der Waals surface area contributed by atoms with Crippen molar-refractivity contribution >= 4 is 22.9 Å². The first-order valence-corrected chi connectivity index (χ1v) is 11.4. The van der Waals surface area contributed by atoms with Crippen LogP contribution in [0.4, 0.5) is 10.1 Å². The molecule has 31 heavy (non-hydrogen) atoms. The average Bonchev–Trinajstić information content (AvgIpc) is 3.41. The van der Waals surface area contributed by atoms with Crippen LogP contribution >= 0.6 is 11.3 Å². The Hall–Kier alpha value is -2.81. The second-order valence-electron chi connectivity index (χ2n) is 8.06. The van der Waals surface area contributed by atoms with E-state index in [1.807, 2.05) is 31.1 Å². The van der Waals surface area contributed by atoms with Gasteiger partial charge in [0.2, 0.25) is 17.6 Å². The lowest BCUT2D eigenvalue weighted by Gasteiger charge is -2.36. The Morgan fingerprint density at radius 1 is 1.35 bits per heavy atom. The van der Waals surface area contributed by atoms with Gasteiger partial charge in [-0.1, -0.05) is 19.0 Å². The van der Waals surface area contributed by atoms with Crippen molar-refractivity contribution < 1.29 is 13.7 Å². The molecule has 1 N–H and O–H groups in total. The van der Waals surface area contributed by atoms with Gasteiger partial charge < -0.3 is 14.7 Å². The summed E-state index contributed by atoms with van der Waals surface area (Å²) in [5.41, 5.74) is 1.81. The van der Waals surface area contributed by atoms with Crippen molar-refractivity contribution in [3.63, 3.8) is 0 Å². The smallest absolute Gasteiger partial charge is 0.243 e. The number of nitrogens with zero attached hydrogens (tertiary/aromatic N) is 4. The standard InChI is InChI=1S/C22H26FN5O2S/c1-13(2)22-26-20(27-30-22)15-7-8-18(17(23)10-15)28-9-5-4-6-19(28)21(29)24-11-16-12-31-14(3)25-16/h7-8,10,12-13,19H,4-6,9,11H2,1-3H3,(H,24,29). The molecule has 3 heterocycles. The van der Waals surface area contributed by atoms with Crippen LogP contribution in [0.5, 0.6) is 0 Å². The number of hydrogen-bond donors (Lipinski definition) is 1. The highest BCUT2D eigenvalue weighted by Gasteiger charge is 2.30. The minimum atomic E-state index is -0.411. The summed E-state index contributed by atoms with van der Waals surface area (Å²) in [6, 6.07) is 4.47. The summed E-state index contributed by atoms with van der Waals surface area (Å²) in [4.78, 5) is 23.5. The molecule has 1 saturated heterocycles. The first-order valence-electron chi connectivity index (χ1n) is 10.5. The largest absolute Gasteiger partial charge is 0.357 e. The zero-order chi connectivity index (χ0) is 22.0. The fourth-order valence-corrected chi connectivity index (χ4v) is 4.36. The van der Waals surface area contributed by atoms with Crippen molar-refractivity contribution in [1.82, 2.24) is 20.4 Å². The van der Waals surface area contributed by atoms with E-state index < -0.39 is 11.9 Å². The summed E-state index contributed by atoms with van der Waals surface area (Å²) in [5.74, 6) is 0.478. The number of nitrogens with one attached hydrogen (secondary N) is 1. The number of carbonyl (C=O) groups is 1. The van der Waals surface area contributed by atoms with E-state index in [1.165, 1.54) is 6.07 Å². The van der Waals surface area contributed by atoms with Crippen molar-refractivity contribution in [3.8, 4) is 11.4 Å². The molecule has 3 aromatic rings. The fourth-order valence-electron chi connectivity index (χ4n) is 3.74. The number of anilines is 1. The SMILES string of the molecule is Cc1nc(CNC(=O)C2CCCCN2c2ccc(-c3noc(C(C)C)n3)cc2F)cs1. The van der Waals surface area contributed by atoms with E-state index in [0.717, 1.165) is 23.5 Å². The maximum atomic E-state index is 15.1. The molecule has 0 bridgehead atoms. The van der Waals surface area contributed by atoms with E-state index in [1.54, 1.807) is 23.5 Å². The van der Waals surface area contributed by atoms with E-state index in [0.29, 0.717) is 42.5 Å². The summed E-state index contributed by atoms with van der Waals surface area (Å²) < 4.78 is 20.3. The Morgan fingerprint density at radius 3 is 2.87 bits per heavy atom. The molecule has 9 heteroatoms. The molecule has 1 aliphatic rings. The molecule has 164 valence electrons. The molecule has 0 aliphatic carbocycles. The lowest BCUT2D eigenvalue weighted by Crippen LogP contribution is -2.49. The number of aromatic nitrogens is 3. The highest BCUT2D eigenvalue weighted by atomic mass is 32.1. The van der Waals surface area contributed by atoms with Crippen LogP contribution in [0.3, 0.4) is 0 Å². The van der Waals surface area contributed by atoms with Crippen LogP contribution in [0.15, 0.2) is 28.1 Å². The maximum absolute atomic E-state index is 15.1. The molecule has 1 unspecified atom stereocenters. The quantitative estimate of drug-likeness (QED) is 0.606. The number of piperidine rings is 1. The normalized spacial score (nSPS) is 16.7. The summed E-state index contributed by atoms with van der Waals surface area (Å²) in [6.07, 6.45) is 2.54. The Morgan fingerprint density at radius 2 is 2.19 bits per heavy atom. The summed E-state index contributed by atoms with van der Waals surface area (Å²) in [6.45, 7) is 6.86. The minimum absolute atomic E-state index is 0.103. The first-order chi connectivity index (χ1) is 14.9. The fraction of sp³-hybridized carbons (Fsp3) is 0.455. The van der Waals surface area contributed by atoms with Gasteiger partial charge >= 0.3 is 0 Å². The summed E-state index contributed by atoms with van der Waals surface area (Å²) in [5, 5.41) is 9.82. The van der Waals surface area contributed by atoms with Gasteiger partial charge in [-0.2, -0.15) is 4.98 Å². The van der Waals surface area contributed by atoms with Crippen molar-refractivity contribution in [2.24, 2.45) is 0 Å². The number of aryl methyl sites for hydroxylation is 1. The number of hydrogen-bond acceptors (Lipinski definition) is 7. The third kappa shape index (κ3) is 4.76. The summed E-state index contributed by atoms with van der Waals surface area (Å²) in [7, 11) is 0. The second-order valence-corrected chi connectivity index (χ2v) is 9.12. The van der Waals surface area contributed by atoms with Gasteiger partial charge in [0.15, 0.2) is 0 Å². The molecule has 1 amide bonds. The van der Waals surface area contributed by atoms with Gasteiger partial charge in [0.25, 0.3) is 0 Å². The van der Waals surface area contributed by atoms with Gasteiger partial charge in [-0.3, -0.25) is 4.79 Å². The van der Waals surface area contributed by atoms with E-state index in [-0.39, 0.29) is 11.8 Å². The van der Waals surface area contributed by atoms with Crippen LogP contribution in [0.1, 0.15) is 55.6 Å². The van der Waals surface area contributed by atoms with E-state index in [9.17, 15) is 4.79 Å². The maximum Gasteiger partial charge on any atom is 0.243 e. The van der Waals surface area contributed by atoms with Crippen LogP contribution in [0, 0.1) is 12.7 Å². The molecule has 7 nitrogen and oxygen atoms in total. The molecular formula is C22H26FN5O2S. The Bertz CT molecular complexity index is 1060. The molecular weight excluding hydrogens is 417 g/mol. The zero-order valence-corrected chi connectivity index (χ0v) is 18.7. The number of halogens is 1. The topological polar surface area (TPSA) is 84.2 Å². The number of rotatable bonds is 6. The number of carbonyl (C=O) groups excluding carboxylic acids is 1. The highest BCUT2D eigenvalue weighted by Crippen LogP contribution is 2.30. The Balaban J connectivity index is 1.51. The van der Waals surface area contributed by atoms with Crippen LogP contribution in [-0.2, 0) is 11.3 Å². The second kappa shape index (κ2) is 9.13. The van der Waals surface area contributed by atoms with Gasteiger partial charge in [-0.15, -0.1) is 11.3 Å². The first kappa shape index (κ1) is 21.4. The molecule has 0 saturated carbocycles. The van der Waals surface area contributed by atoms with Crippen molar-refractivity contribution in [1.29, 1.82) is 0 Å². The van der Waals surface area contributed by atoms with Crippen molar-refractivity contribution in [3.05, 3.63) is 46.0 Å². The molecule has 1 fully saturated rings. The molecule has 0 radical (unpaired) electrons.